The van der Waals surface area contributed by atoms with Gasteiger partial charge in [-0.1, -0.05) is 30.3 Å². The van der Waals surface area contributed by atoms with Gasteiger partial charge in [0.15, 0.2) is 11.5 Å². The Morgan fingerprint density at radius 1 is 0.839 bits per heavy atom. The number of nitrogens with one attached hydrogen (secondary N) is 1. The molecule has 0 aliphatic carbocycles. The van der Waals surface area contributed by atoms with Crippen LogP contribution in [0.2, 0.25) is 0 Å². The summed E-state index contributed by atoms with van der Waals surface area (Å²) in [6.07, 6.45) is 0.917. The van der Waals surface area contributed by atoms with Crippen LogP contribution in [0.4, 0.5) is 0 Å². The molecule has 1 heterocycles. The summed E-state index contributed by atoms with van der Waals surface area (Å²) in [5.41, 5.74) is 4.54. The SMILES string of the molecule is COc1cc(OC)c(C2NCCc3cc(OC)c(OCc4ccccc4)cc32)cc1Br. The zero-order valence-electron chi connectivity index (χ0n) is 17.9. The fourth-order valence-electron chi connectivity index (χ4n) is 3.96. The van der Waals surface area contributed by atoms with Crippen molar-refractivity contribution in [2.24, 2.45) is 0 Å². The quantitative estimate of drug-likeness (QED) is 0.494. The van der Waals surface area contributed by atoms with Crippen LogP contribution >= 0.6 is 15.9 Å². The van der Waals surface area contributed by atoms with Crippen LogP contribution < -0.4 is 24.3 Å². The molecular formula is C25H26BrNO4. The van der Waals surface area contributed by atoms with E-state index in [4.69, 9.17) is 18.9 Å². The molecule has 0 fully saturated rings. The van der Waals surface area contributed by atoms with E-state index >= 15 is 0 Å². The number of benzene rings is 3. The lowest BCUT2D eigenvalue weighted by Gasteiger charge is -2.30. The average molecular weight is 484 g/mol. The standard InChI is InChI=1S/C25H26BrNO4/c1-28-21-14-22(29-2)20(26)12-19(21)25-18-13-24(31-15-16-7-5-4-6-8-16)23(30-3)11-17(18)9-10-27-25/h4-8,11-14,25,27H,9-10,15H2,1-3H3. The second-order valence-corrected chi connectivity index (χ2v) is 8.20. The Labute approximate surface area is 191 Å². The largest absolute Gasteiger partial charge is 0.496 e. The molecule has 3 aromatic carbocycles. The summed E-state index contributed by atoms with van der Waals surface area (Å²) in [4.78, 5) is 0. The van der Waals surface area contributed by atoms with Crippen molar-refractivity contribution in [1.29, 1.82) is 0 Å². The van der Waals surface area contributed by atoms with E-state index in [0.717, 1.165) is 57.1 Å². The van der Waals surface area contributed by atoms with Gasteiger partial charge < -0.3 is 24.3 Å². The van der Waals surface area contributed by atoms with Crippen LogP contribution in [-0.4, -0.2) is 27.9 Å². The summed E-state index contributed by atoms with van der Waals surface area (Å²) >= 11 is 3.61. The molecule has 1 aliphatic rings. The maximum Gasteiger partial charge on any atom is 0.162 e. The molecule has 0 aromatic heterocycles. The van der Waals surface area contributed by atoms with Crippen LogP contribution in [0.15, 0.2) is 59.1 Å². The normalized spacial score (nSPS) is 15.2. The lowest BCUT2D eigenvalue weighted by atomic mass is 9.89. The smallest absolute Gasteiger partial charge is 0.162 e. The molecule has 4 rings (SSSR count). The lowest BCUT2D eigenvalue weighted by molar-refractivity contribution is 0.283. The van der Waals surface area contributed by atoms with Crippen molar-refractivity contribution in [3.05, 3.63) is 81.3 Å². The Morgan fingerprint density at radius 3 is 2.29 bits per heavy atom. The maximum absolute atomic E-state index is 6.17. The summed E-state index contributed by atoms with van der Waals surface area (Å²) in [7, 11) is 5.01. The van der Waals surface area contributed by atoms with Gasteiger partial charge in [-0.15, -0.1) is 0 Å². The molecule has 0 saturated carbocycles. The third kappa shape index (κ3) is 4.50. The van der Waals surface area contributed by atoms with Gasteiger partial charge in [-0.05, 0) is 57.2 Å². The second-order valence-electron chi connectivity index (χ2n) is 7.34. The van der Waals surface area contributed by atoms with Gasteiger partial charge >= 0.3 is 0 Å². The van der Waals surface area contributed by atoms with Gasteiger partial charge in [0.05, 0.1) is 31.8 Å². The Balaban J connectivity index is 1.73. The molecule has 3 aromatic rings. The molecule has 1 unspecified atom stereocenters. The molecule has 0 amide bonds. The van der Waals surface area contributed by atoms with Crippen LogP contribution in [0.5, 0.6) is 23.0 Å². The Bertz CT molecular complexity index is 1060. The van der Waals surface area contributed by atoms with Crippen molar-refractivity contribution >= 4 is 15.9 Å². The number of hydrogen-bond donors (Lipinski definition) is 1. The lowest BCUT2D eigenvalue weighted by Crippen LogP contribution is -2.31. The van der Waals surface area contributed by atoms with Crippen molar-refractivity contribution < 1.29 is 18.9 Å². The molecule has 1 aliphatic heterocycles. The van der Waals surface area contributed by atoms with E-state index in [2.05, 4.69) is 51.6 Å². The number of rotatable bonds is 7. The molecule has 1 N–H and O–H groups in total. The van der Waals surface area contributed by atoms with Gasteiger partial charge in [0, 0.05) is 18.2 Å². The highest BCUT2D eigenvalue weighted by Gasteiger charge is 2.27. The van der Waals surface area contributed by atoms with Crippen LogP contribution in [0.25, 0.3) is 0 Å². The summed E-state index contributed by atoms with van der Waals surface area (Å²) < 4.78 is 23.8. The minimum Gasteiger partial charge on any atom is -0.496 e. The van der Waals surface area contributed by atoms with E-state index in [1.165, 1.54) is 5.56 Å². The van der Waals surface area contributed by atoms with Gasteiger partial charge in [0.1, 0.15) is 18.1 Å². The third-order valence-corrected chi connectivity index (χ3v) is 6.15. The van der Waals surface area contributed by atoms with E-state index < -0.39 is 0 Å². The van der Waals surface area contributed by atoms with Crippen molar-refractivity contribution in [2.75, 3.05) is 27.9 Å². The van der Waals surface area contributed by atoms with E-state index in [9.17, 15) is 0 Å². The molecule has 1 atom stereocenters. The van der Waals surface area contributed by atoms with Crippen LogP contribution in [-0.2, 0) is 13.0 Å². The third-order valence-electron chi connectivity index (χ3n) is 5.53. The maximum atomic E-state index is 6.17. The highest BCUT2D eigenvalue weighted by atomic mass is 79.9. The number of methoxy groups -OCH3 is 3. The molecule has 31 heavy (non-hydrogen) atoms. The highest BCUT2D eigenvalue weighted by molar-refractivity contribution is 9.10. The van der Waals surface area contributed by atoms with Crippen molar-refractivity contribution in [3.63, 3.8) is 0 Å². The van der Waals surface area contributed by atoms with Gasteiger partial charge in [-0.2, -0.15) is 0 Å². The van der Waals surface area contributed by atoms with Gasteiger partial charge in [-0.25, -0.2) is 0 Å². The molecule has 5 nitrogen and oxygen atoms in total. The van der Waals surface area contributed by atoms with Crippen molar-refractivity contribution in [2.45, 2.75) is 19.1 Å². The second kappa shape index (κ2) is 9.62. The Morgan fingerprint density at radius 2 is 1.58 bits per heavy atom. The number of fused-ring (bicyclic) bond motifs is 1. The van der Waals surface area contributed by atoms with Gasteiger partial charge in [0.2, 0.25) is 0 Å². The molecule has 0 radical (unpaired) electrons. The van der Waals surface area contributed by atoms with Gasteiger partial charge in [-0.3, -0.25) is 0 Å². The number of hydrogen-bond acceptors (Lipinski definition) is 5. The first-order valence-electron chi connectivity index (χ1n) is 10.2. The monoisotopic (exact) mass is 483 g/mol. The molecule has 0 saturated heterocycles. The first-order valence-corrected chi connectivity index (χ1v) is 11.0. The Kier molecular flexibility index (Phi) is 6.68. The van der Waals surface area contributed by atoms with E-state index in [1.807, 2.05) is 24.3 Å². The first kappa shape index (κ1) is 21.5. The van der Waals surface area contributed by atoms with E-state index in [-0.39, 0.29) is 6.04 Å². The first-order chi connectivity index (χ1) is 15.1. The average Bonchev–Trinajstić information content (AvgIpc) is 2.82. The molecular weight excluding hydrogens is 458 g/mol. The summed E-state index contributed by atoms with van der Waals surface area (Å²) in [6, 6.07) is 18.2. The summed E-state index contributed by atoms with van der Waals surface area (Å²) in [5.74, 6) is 2.98. The number of ether oxygens (including phenoxy) is 4. The molecule has 6 heteroatoms. The molecule has 0 spiro atoms. The fraction of sp³-hybridized carbons (Fsp3) is 0.280. The van der Waals surface area contributed by atoms with E-state index in [0.29, 0.717) is 6.61 Å². The highest BCUT2D eigenvalue weighted by Crippen LogP contribution is 2.42. The van der Waals surface area contributed by atoms with E-state index in [1.54, 1.807) is 21.3 Å². The minimum atomic E-state index is -0.0362. The molecule has 0 bridgehead atoms. The predicted molar refractivity (Wildman–Crippen MR) is 125 cm³/mol. The zero-order chi connectivity index (χ0) is 21.8. The summed E-state index contributed by atoms with van der Waals surface area (Å²) in [6.45, 7) is 1.34. The topological polar surface area (TPSA) is 49.0 Å². The van der Waals surface area contributed by atoms with Gasteiger partial charge in [0.25, 0.3) is 0 Å². The minimum absolute atomic E-state index is 0.0362. The predicted octanol–water partition coefficient (Wildman–Crippen LogP) is 5.29. The number of halogens is 1. The van der Waals surface area contributed by atoms with Crippen LogP contribution in [0, 0.1) is 0 Å². The fourth-order valence-corrected chi connectivity index (χ4v) is 4.48. The zero-order valence-corrected chi connectivity index (χ0v) is 19.5. The summed E-state index contributed by atoms with van der Waals surface area (Å²) in [5, 5.41) is 3.63. The Hall–Kier alpha value is -2.70. The van der Waals surface area contributed by atoms with Crippen LogP contribution in [0.3, 0.4) is 0 Å². The molecule has 162 valence electrons. The van der Waals surface area contributed by atoms with Crippen LogP contribution in [0.1, 0.15) is 28.3 Å². The van der Waals surface area contributed by atoms with Crippen molar-refractivity contribution in [3.8, 4) is 23.0 Å². The van der Waals surface area contributed by atoms with Crippen molar-refractivity contribution in [1.82, 2.24) is 5.32 Å².